The van der Waals surface area contributed by atoms with E-state index in [1.165, 1.54) is 23.9 Å². The van der Waals surface area contributed by atoms with E-state index in [9.17, 15) is 4.79 Å². The zero-order valence-corrected chi connectivity index (χ0v) is 19.3. The van der Waals surface area contributed by atoms with Crippen LogP contribution in [-0.2, 0) is 24.4 Å². The van der Waals surface area contributed by atoms with Gasteiger partial charge in [0.05, 0.1) is 12.7 Å². The molecule has 164 valence electrons. The third kappa shape index (κ3) is 6.08. The molecule has 1 atom stereocenters. The molecule has 0 amide bonds. The Bertz CT molecular complexity index is 1010. The zero-order chi connectivity index (χ0) is 22.4. The lowest BCUT2D eigenvalue weighted by Crippen LogP contribution is -2.36. The molecule has 0 aliphatic carbocycles. The Kier molecular flexibility index (Phi) is 7.69. The summed E-state index contributed by atoms with van der Waals surface area (Å²) in [5.74, 6) is 0.223. The molecule has 0 N–H and O–H groups in total. The molecule has 0 saturated carbocycles. The zero-order valence-electron chi connectivity index (χ0n) is 19.3. The largest absolute Gasteiger partial charge is 0.465 e. The minimum atomic E-state index is -0.294. The minimum absolute atomic E-state index is 0.294. The summed E-state index contributed by atoms with van der Waals surface area (Å²) in [6.45, 7) is 11.4. The topological polar surface area (TPSA) is 34.5 Å². The molecular formula is C27H34N2O2. The number of hydrogen-bond acceptors (Lipinski definition) is 3. The number of methoxy groups -OCH3 is 1. The lowest BCUT2D eigenvalue weighted by atomic mass is 10.0. The van der Waals surface area contributed by atoms with Crippen molar-refractivity contribution in [1.29, 1.82) is 0 Å². The van der Waals surface area contributed by atoms with E-state index in [0.717, 1.165) is 25.2 Å². The summed E-state index contributed by atoms with van der Waals surface area (Å²) in [6, 6.07) is 21.2. The molecule has 0 fully saturated rings. The highest BCUT2D eigenvalue weighted by atomic mass is 16.5. The van der Waals surface area contributed by atoms with Gasteiger partial charge < -0.3 is 9.30 Å². The van der Waals surface area contributed by atoms with Gasteiger partial charge in [-0.15, -0.1) is 0 Å². The number of rotatable bonds is 9. The third-order valence-corrected chi connectivity index (χ3v) is 6.00. The molecule has 4 heteroatoms. The standard InChI is InChI=1S/C27H34N2O2/c1-20(2)22(4)29(18-24-11-7-12-25(16-24)27(30)31-5)19-26-13-8-14-28(26)17-23-10-6-9-21(3)15-23/h6-16,20,22H,17-19H2,1-5H3/t22-/m1/s1. The van der Waals surface area contributed by atoms with Crippen LogP contribution in [0.5, 0.6) is 0 Å². The van der Waals surface area contributed by atoms with Crippen molar-refractivity contribution in [3.63, 3.8) is 0 Å². The number of hydrogen-bond donors (Lipinski definition) is 0. The number of carbonyl (C=O) groups excluding carboxylic acids is 1. The molecule has 31 heavy (non-hydrogen) atoms. The summed E-state index contributed by atoms with van der Waals surface area (Å²) >= 11 is 0. The van der Waals surface area contributed by atoms with Gasteiger partial charge in [-0.1, -0.05) is 55.8 Å². The molecule has 0 radical (unpaired) electrons. The lowest BCUT2D eigenvalue weighted by Gasteiger charge is -2.32. The number of carbonyl (C=O) groups is 1. The van der Waals surface area contributed by atoms with Crippen LogP contribution in [0.2, 0.25) is 0 Å². The van der Waals surface area contributed by atoms with Crippen molar-refractivity contribution in [2.24, 2.45) is 5.92 Å². The highest BCUT2D eigenvalue weighted by molar-refractivity contribution is 5.89. The minimum Gasteiger partial charge on any atom is -0.465 e. The highest BCUT2D eigenvalue weighted by Crippen LogP contribution is 2.20. The van der Waals surface area contributed by atoms with E-state index < -0.39 is 0 Å². The number of nitrogens with zero attached hydrogens (tertiary/aromatic N) is 2. The highest BCUT2D eigenvalue weighted by Gasteiger charge is 2.20. The van der Waals surface area contributed by atoms with Gasteiger partial charge in [-0.2, -0.15) is 0 Å². The first-order valence-corrected chi connectivity index (χ1v) is 11.0. The van der Waals surface area contributed by atoms with Crippen molar-refractivity contribution in [2.45, 2.75) is 53.4 Å². The fraction of sp³-hybridized carbons (Fsp3) is 0.370. The van der Waals surface area contributed by atoms with Gasteiger partial charge in [-0.3, -0.25) is 4.90 Å². The van der Waals surface area contributed by atoms with E-state index in [-0.39, 0.29) is 5.97 Å². The molecule has 2 aromatic carbocycles. The molecule has 0 unspecified atom stereocenters. The monoisotopic (exact) mass is 418 g/mol. The Balaban J connectivity index is 1.81. The molecule has 0 saturated heterocycles. The van der Waals surface area contributed by atoms with Crippen LogP contribution in [-0.4, -0.2) is 28.6 Å². The first-order chi connectivity index (χ1) is 14.9. The summed E-state index contributed by atoms with van der Waals surface area (Å²) in [4.78, 5) is 14.4. The molecule has 1 heterocycles. The van der Waals surface area contributed by atoms with Gasteiger partial charge in [0, 0.05) is 37.6 Å². The van der Waals surface area contributed by atoms with Crippen molar-refractivity contribution in [3.8, 4) is 0 Å². The van der Waals surface area contributed by atoms with Crippen LogP contribution in [0.25, 0.3) is 0 Å². The van der Waals surface area contributed by atoms with Crippen molar-refractivity contribution in [2.75, 3.05) is 7.11 Å². The van der Waals surface area contributed by atoms with Crippen LogP contribution in [0.4, 0.5) is 0 Å². The second-order valence-corrected chi connectivity index (χ2v) is 8.70. The predicted molar refractivity (Wildman–Crippen MR) is 126 cm³/mol. The summed E-state index contributed by atoms with van der Waals surface area (Å²) in [6.07, 6.45) is 2.16. The Labute approximate surface area is 186 Å². The van der Waals surface area contributed by atoms with Crippen LogP contribution in [0.1, 0.15) is 53.5 Å². The molecule has 3 rings (SSSR count). The van der Waals surface area contributed by atoms with Crippen LogP contribution in [0.15, 0.2) is 66.9 Å². The fourth-order valence-electron chi connectivity index (χ4n) is 3.88. The van der Waals surface area contributed by atoms with Gasteiger partial charge >= 0.3 is 5.97 Å². The Morgan fingerprint density at radius 2 is 1.71 bits per heavy atom. The maximum Gasteiger partial charge on any atom is 0.337 e. The van der Waals surface area contributed by atoms with E-state index in [1.54, 1.807) is 6.07 Å². The van der Waals surface area contributed by atoms with Crippen molar-refractivity contribution in [1.82, 2.24) is 9.47 Å². The van der Waals surface area contributed by atoms with E-state index >= 15 is 0 Å². The van der Waals surface area contributed by atoms with Gasteiger partial charge in [0.15, 0.2) is 0 Å². The molecule has 0 aliphatic rings. The smallest absolute Gasteiger partial charge is 0.337 e. The number of aromatic nitrogens is 1. The summed E-state index contributed by atoms with van der Waals surface area (Å²) < 4.78 is 7.22. The van der Waals surface area contributed by atoms with Crippen molar-refractivity contribution >= 4 is 5.97 Å². The second-order valence-electron chi connectivity index (χ2n) is 8.70. The number of ether oxygens (including phenoxy) is 1. The number of benzene rings is 2. The van der Waals surface area contributed by atoms with Crippen LogP contribution in [0.3, 0.4) is 0 Å². The van der Waals surface area contributed by atoms with Gasteiger partial charge in [-0.25, -0.2) is 4.79 Å². The molecule has 4 nitrogen and oxygen atoms in total. The normalized spacial score (nSPS) is 12.4. The SMILES string of the molecule is COC(=O)c1cccc(CN(Cc2cccn2Cc2cccc(C)c2)[C@H](C)C(C)C)c1. The summed E-state index contributed by atoms with van der Waals surface area (Å²) in [5.41, 5.74) is 5.60. The maximum absolute atomic E-state index is 12.0. The average Bonchev–Trinajstić information content (AvgIpc) is 3.18. The van der Waals surface area contributed by atoms with E-state index in [0.29, 0.717) is 17.5 Å². The van der Waals surface area contributed by atoms with E-state index in [2.05, 4.69) is 85.8 Å². The van der Waals surface area contributed by atoms with E-state index in [4.69, 9.17) is 4.74 Å². The maximum atomic E-state index is 12.0. The molecule has 0 bridgehead atoms. The van der Waals surface area contributed by atoms with Crippen LogP contribution < -0.4 is 0 Å². The quantitative estimate of drug-likeness (QED) is 0.419. The van der Waals surface area contributed by atoms with Crippen molar-refractivity contribution < 1.29 is 9.53 Å². The van der Waals surface area contributed by atoms with Gasteiger partial charge in [-0.05, 0) is 55.2 Å². The Morgan fingerprint density at radius 1 is 0.968 bits per heavy atom. The molecule has 0 spiro atoms. The first-order valence-electron chi connectivity index (χ1n) is 11.0. The first kappa shape index (κ1) is 22.8. The molecule has 3 aromatic rings. The van der Waals surface area contributed by atoms with Gasteiger partial charge in [0.1, 0.15) is 0 Å². The fourth-order valence-corrected chi connectivity index (χ4v) is 3.88. The van der Waals surface area contributed by atoms with Crippen LogP contribution >= 0.6 is 0 Å². The van der Waals surface area contributed by atoms with Gasteiger partial charge in [0.2, 0.25) is 0 Å². The number of esters is 1. The predicted octanol–water partition coefficient (Wildman–Crippen LogP) is 5.68. The number of aryl methyl sites for hydroxylation is 1. The summed E-state index contributed by atoms with van der Waals surface area (Å²) in [7, 11) is 1.42. The Morgan fingerprint density at radius 3 is 2.42 bits per heavy atom. The second kappa shape index (κ2) is 10.5. The lowest BCUT2D eigenvalue weighted by molar-refractivity contribution is 0.0600. The van der Waals surface area contributed by atoms with E-state index in [1.807, 2.05) is 12.1 Å². The average molecular weight is 419 g/mol. The van der Waals surface area contributed by atoms with Crippen LogP contribution in [0, 0.1) is 12.8 Å². The molecule has 1 aromatic heterocycles. The third-order valence-electron chi connectivity index (χ3n) is 6.00. The molecule has 0 aliphatic heterocycles. The summed E-state index contributed by atoms with van der Waals surface area (Å²) in [5, 5.41) is 0. The van der Waals surface area contributed by atoms with Gasteiger partial charge in [0.25, 0.3) is 0 Å². The molecular weight excluding hydrogens is 384 g/mol. The van der Waals surface area contributed by atoms with Crippen molar-refractivity contribution in [3.05, 3.63) is 94.8 Å². The Hall–Kier alpha value is -2.85.